The second-order valence-corrected chi connectivity index (χ2v) is 2.59. The summed E-state index contributed by atoms with van der Waals surface area (Å²) in [6.45, 7) is 4.15. The zero-order valence-electron chi connectivity index (χ0n) is 8.18. The third-order valence-corrected chi connectivity index (χ3v) is 1.38. The van der Waals surface area contributed by atoms with Crippen molar-refractivity contribution in [1.82, 2.24) is 5.32 Å². The first-order valence-corrected chi connectivity index (χ1v) is 4.30. The fraction of sp³-hybridized carbons (Fsp3) is 0.889. The summed E-state index contributed by atoms with van der Waals surface area (Å²) in [6, 6.07) is 0. The van der Waals surface area contributed by atoms with Crippen molar-refractivity contribution in [1.29, 1.82) is 0 Å². The van der Waals surface area contributed by atoms with Gasteiger partial charge < -0.3 is 10.1 Å². The number of hydrogen-bond acceptors (Lipinski definition) is 2. The predicted octanol–water partition coefficient (Wildman–Crippen LogP) is 1.85. The van der Waals surface area contributed by atoms with Crippen LogP contribution in [0, 0.1) is 5.92 Å². The highest BCUT2D eigenvalue weighted by Crippen LogP contribution is 2.05. The van der Waals surface area contributed by atoms with Crippen molar-refractivity contribution in [2.45, 2.75) is 33.1 Å². The summed E-state index contributed by atoms with van der Waals surface area (Å²) in [5.74, 6) is 0.319. The number of carbonyl (C=O) groups excluding carboxylic acids is 1. The van der Waals surface area contributed by atoms with Crippen LogP contribution >= 0.6 is 0 Å². The van der Waals surface area contributed by atoms with E-state index in [0.717, 1.165) is 25.5 Å². The minimum absolute atomic E-state index is 0.319. The van der Waals surface area contributed by atoms with Crippen LogP contribution in [0.25, 0.3) is 0 Å². The van der Waals surface area contributed by atoms with Crippen molar-refractivity contribution in [3.8, 4) is 0 Å². The van der Waals surface area contributed by atoms with E-state index >= 15 is 0 Å². The highest BCUT2D eigenvalue weighted by molar-refractivity contribution is 5.53. The average Bonchev–Trinajstić information content (AvgIpc) is 2.02. The summed E-state index contributed by atoms with van der Waals surface area (Å²) >= 11 is 0. The standard InChI is InChI=1S/C7H14O.C2H7N/c1-3-5-7(4-2)6-8;1-3-2/h6-7H,3-5H2,1-2H3;3H,1-2H3. The van der Waals surface area contributed by atoms with E-state index in [2.05, 4.69) is 19.2 Å². The van der Waals surface area contributed by atoms with Gasteiger partial charge in [-0.25, -0.2) is 0 Å². The molecule has 1 unspecified atom stereocenters. The van der Waals surface area contributed by atoms with Crippen LogP contribution in [0.5, 0.6) is 0 Å². The van der Waals surface area contributed by atoms with Gasteiger partial charge in [0.1, 0.15) is 6.29 Å². The second-order valence-electron chi connectivity index (χ2n) is 2.59. The minimum atomic E-state index is 0.319. The van der Waals surface area contributed by atoms with Crippen LogP contribution < -0.4 is 5.32 Å². The van der Waals surface area contributed by atoms with E-state index in [1.807, 2.05) is 14.1 Å². The van der Waals surface area contributed by atoms with Crippen LogP contribution in [0.15, 0.2) is 0 Å². The molecule has 0 saturated heterocycles. The maximum absolute atomic E-state index is 10.1. The van der Waals surface area contributed by atoms with E-state index in [4.69, 9.17) is 0 Å². The van der Waals surface area contributed by atoms with Crippen LogP contribution in [0.2, 0.25) is 0 Å². The quantitative estimate of drug-likeness (QED) is 0.634. The molecule has 0 aliphatic rings. The molecule has 11 heavy (non-hydrogen) atoms. The van der Waals surface area contributed by atoms with Gasteiger partial charge in [0.2, 0.25) is 0 Å². The number of carbonyl (C=O) groups is 1. The Morgan fingerprint density at radius 2 is 1.82 bits per heavy atom. The molecule has 0 aromatic heterocycles. The molecule has 0 aliphatic carbocycles. The van der Waals surface area contributed by atoms with Crippen LogP contribution in [0.1, 0.15) is 33.1 Å². The molecule has 0 aliphatic heterocycles. The van der Waals surface area contributed by atoms with Gasteiger partial charge in [0.15, 0.2) is 0 Å². The number of nitrogens with one attached hydrogen (secondary N) is 1. The zero-order valence-corrected chi connectivity index (χ0v) is 8.18. The molecular formula is C9H21NO. The van der Waals surface area contributed by atoms with Crippen molar-refractivity contribution in [3.63, 3.8) is 0 Å². The molecular weight excluding hydrogens is 138 g/mol. The van der Waals surface area contributed by atoms with Gasteiger partial charge in [-0.2, -0.15) is 0 Å². The van der Waals surface area contributed by atoms with Gasteiger partial charge in [-0.1, -0.05) is 20.3 Å². The van der Waals surface area contributed by atoms with Gasteiger partial charge in [-0.05, 0) is 26.9 Å². The molecule has 2 heteroatoms. The van der Waals surface area contributed by atoms with Crippen LogP contribution in [-0.4, -0.2) is 20.4 Å². The van der Waals surface area contributed by atoms with Gasteiger partial charge in [0, 0.05) is 5.92 Å². The molecule has 0 spiro atoms. The van der Waals surface area contributed by atoms with Crippen LogP contribution in [-0.2, 0) is 4.79 Å². The highest BCUT2D eigenvalue weighted by Gasteiger charge is 1.99. The largest absolute Gasteiger partial charge is 0.323 e. The first-order chi connectivity index (χ1) is 5.26. The lowest BCUT2D eigenvalue weighted by atomic mass is 10.0. The molecule has 1 atom stereocenters. The predicted molar refractivity (Wildman–Crippen MR) is 49.7 cm³/mol. The van der Waals surface area contributed by atoms with E-state index in [-0.39, 0.29) is 0 Å². The molecule has 1 N–H and O–H groups in total. The Hall–Kier alpha value is -0.370. The first kappa shape index (κ1) is 13.2. The summed E-state index contributed by atoms with van der Waals surface area (Å²) in [6.07, 6.45) is 4.23. The molecule has 0 radical (unpaired) electrons. The summed E-state index contributed by atoms with van der Waals surface area (Å²) in [5.41, 5.74) is 0. The maximum Gasteiger partial charge on any atom is 0.123 e. The molecule has 0 saturated carbocycles. The lowest BCUT2D eigenvalue weighted by molar-refractivity contribution is -0.111. The molecule has 0 fully saturated rings. The van der Waals surface area contributed by atoms with E-state index in [0.29, 0.717) is 5.92 Å². The Morgan fingerprint density at radius 3 is 1.91 bits per heavy atom. The van der Waals surface area contributed by atoms with E-state index in [1.54, 1.807) is 0 Å². The average molecular weight is 159 g/mol. The topological polar surface area (TPSA) is 29.1 Å². The normalized spacial score (nSPS) is 11.3. The van der Waals surface area contributed by atoms with Crippen molar-refractivity contribution in [3.05, 3.63) is 0 Å². The van der Waals surface area contributed by atoms with E-state index in [9.17, 15) is 4.79 Å². The number of hydrogen-bond donors (Lipinski definition) is 1. The Bertz CT molecular complexity index is 74.0. The van der Waals surface area contributed by atoms with Gasteiger partial charge in [0.25, 0.3) is 0 Å². The number of aldehydes is 1. The van der Waals surface area contributed by atoms with Gasteiger partial charge in [0.05, 0.1) is 0 Å². The van der Waals surface area contributed by atoms with E-state index < -0.39 is 0 Å². The summed E-state index contributed by atoms with van der Waals surface area (Å²) < 4.78 is 0. The minimum Gasteiger partial charge on any atom is -0.323 e. The molecule has 0 rings (SSSR count). The van der Waals surface area contributed by atoms with Crippen molar-refractivity contribution < 1.29 is 4.79 Å². The fourth-order valence-corrected chi connectivity index (χ4v) is 0.739. The maximum atomic E-state index is 10.1. The number of rotatable bonds is 4. The van der Waals surface area contributed by atoms with Crippen molar-refractivity contribution >= 4 is 6.29 Å². The third kappa shape index (κ3) is 12.8. The van der Waals surface area contributed by atoms with Crippen LogP contribution in [0.4, 0.5) is 0 Å². The second kappa shape index (κ2) is 12.3. The van der Waals surface area contributed by atoms with Crippen LogP contribution in [0.3, 0.4) is 0 Å². The van der Waals surface area contributed by atoms with Gasteiger partial charge >= 0.3 is 0 Å². The zero-order chi connectivity index (χ0) is 9.11. The lowest BCUT2D eigenvalue weighted by Gasteiger charge is -2.01. The monoisotopic (exact) mass is 159 g/mol. The van der Waals surface area contributed by atoms with E-state index in [1.165, 1.54) is 0 Å². The van der Waals surface area contributed by atoms with Crippen molar-refractivity contribution in [2.75, 3.05) is 14.1 Å². The Morgan fingerprint density at radius 1 is 1.36 bits per heavy atom. The van der Waals surface area contributed by atoms with Gasteiger partial charge in [-0.15, -0.1) is 0 Å². The molecule has 0 bridgehead atoms. The summed E-state index contributed by atoms with van der Waals surface area (Å²) in [4.78, 5) is 10.1. The molecule has 0 amide bonds. The Kier molecular flexibility index (Phi) is 14.8. The molecule has 0 aromatic rings. The molecule has 68 valence electrons. The molecule has 2 nitrogen and oxygen atoms in total. The lowest BCUT2D eigenvalue weighted by Crippen LogP contribution is -1.97. The Labute approximate surface area is 70.4 Å². The SMILES string of the molecule is CCCC(C=O)CC.CNC. The Balaban J connectivity index is 0. The third-order valence-electron chi connectivity index (χ3n) is 1.38. The first-order valence-electron chi connectivity index (χ1n) is 4.30. The van der Waals surface area contributed by atoms with Gasteiger partial charge in [-0.3, -0.25) is 0 Å². The summed E-state index contributed by atoms with van der Waals surface area (Å²) in [7, 11) is 3.75. The molecule has 0 aromatic carbocycles. The highest BCUT2D eigenvalue weighted by atomic mass is 16.1. The fourth-order valence-electron chi connectivity index (χ4n) is 0.739. The molecule has 0 heterocycles. The van der Waals surface area contributed by atoms with Crippen molar-refractivity contribution in [2.24, 2.45) is 5.92 Å². The summed E-state index contributed by atoms with van der Waals surface area (Å²) in [5, 5.41) is 2.75. The smallest absolute Gasteiger partial charge is 0.123 e.